The lowest BCUT2D eigenvalue weighted by molar-refractivity contribution is 0.0175. The molecule has 3 rings (SSSR count). The molecule has 24 heavy (non-hydrogen) atoms. The highest BCUT2D eigenvalue weighted by molar-refractivity contribution is 5.27. The van der Waals surface area contributed by atoms with E-state index in [-0.39, 0.29) is 0 Å². The minimum Gasteiger partial charge on any atom is -0.385 e. The van der Waals surface area contributed by atoms with Gasteiger partial charge in [0.1, 0.15) is 0 Å². The van der Waals surface area contributed by atoms with Gasteiger partial charge in [-0.2, -0.15) is 0 Å². The molecule has 1 aliphatic rings. The summed E-state index contributed by atoms with van der Waals surface area (Å²) in [6, 6.07) is 20.5. The Morgan fingerprint density at radius 1 is 0.792 bits per heavy atom. The molecule has 2 aromatic rings. The fourth-order valence-corrected chi connectivity index (χ4v) is 3.72. The normalized spacial score (nSPS) is 18.7. The first-order chi connectivity index (χ1) is 11.8. The fourth-order valence-electron chi connectivity index (χ4n) is 3.72. The van der Waals surface area contributed by atoms with Crippen LogP contribution < -0.4 is 0 Å². The maximum absolute atomic E-state index is 11.5. The third kappa shape index (κ3) is 4.68. The second kappa shape index (κ2) is 8.46. The molecule has 2 heteroatoms. The third-order valence-electron chi connectivity index (χ3n) is 5.19. The summed E-state index contributed by atoms with van der Waals surface area (Å²) in [5.74, 6) is 0. The second-order valence-corrected chi connectivity index (χ2v) is 7.07. The van der Waals surface area contributed by atoms with E-state index in [0.717, 1.165) is 18.5 Å². The lowest BCUT2D eigenvalue weighted by Crippen LogP contribution is -2.35. The molecule has 0 unspecified atom stereocenters. The summed E-state index contributed by atoms with van der Waals surface area (Å²) < 4.78 is 0. The van der Waals surface area contributed by atoms with Gasteiger partial charge in [-0.1, -0.05) is 73.5 Å². The number of likely N-dealkylation sites (tertiary alicyclic amines) is 1. The van der Waals surface area contributed by atoms with Crippen LogP contribution in [0.25, 0.3) is 0 Å². The summed E-state index contributed by atoms with van der Waals surface area (Å²) >= 11 is 0. The molecule has 0 aliphatic carbocycles. The van der Waals surface area contributed by atoms with E-state index in [0.29, 0.717) is 6.42 Å². The SMILES string of the molecule is O[C@](CCN1CCCCCC1)(Cc1ccccc1)c1ccccc1. The first kappa shape index (κ1) is 17.2. The Morgan fingerprint density at radius 3 is 2.00 bits per heavy atom. The Morgan fingerprint density at radius 2 is 1.38 bits per heavy atom. The summed E-state index contributed by atoms with van der Waals surface area (Å²) in [6.07, 6.45) is 6.75. The number of rotatable bonds is 6. The number of nitrogens with zero attached hydrogens (tertiary/aromatic N) is 1. The first-order valence-electron chi connectivity index (χ1n) is 9.30. The van der Waals surface area contributed by atoms with E-state index in [2.05, 4.69) is 41.3 Å². The highest BCUT2D eigenvalue weighted by atomic mass is 16.3. The van der Waals surface area contributed by atoms with E-state index < -0.39 is 5.60 Å². The standard InChI is InChI=1S/C22H29NO/c24-22(21-13-7-4-8-14-21,19-20-11-5-3-6-12-20)15-18-23-16-9-1-2-10-17-23/h3-8,11-14,24H,1-2,9-10,15-19H2/t22-/m1/s1. The first-order valence-corrected chi connectivity index (χ1v) is 9.30. The molecule has 1 saturated heterocycles. The van der Waals surface area contributed by atoms with Gasteiger partial charge in [-0.15, -0.1) is 0 Å². The van der Waals surface area contributed by atoms with Crippen molar-refractivity contribution in [2.75, 3.05) is 19.6 Å². The molecular weight excluding hydrogens is 294 g/mol. The van der Waals surface area contributed by atoms with E-state index >= 15 is 0 Å². The zero-order chi connectivity index (χ0) is 16.7. The van der Waals surface area contributed by atoms with E-state index in [1.165, 1.54) is 44.3 Å². The van der Waals surface area contributed by atoms with E-state index in [9.17, 15) is 5.11 Å². The van der Waals surface area contributed by atoms with Crippen LogP contribution in [0.3, 0.4) is 0 Å². The molecule has 1 fully saturated rings. The lowest BCUT2D eigenvalue weighted by Gasteiger charge is -2.32. The van der Waals surface area contributed by atoms with Gasteiger partial charge in [0.05, 0.1) is 5.60 Å². The number of aliphatic hydroxyl groups is 1. The Hall–Kier alpha value is -1.64. The fraction of sp³-hybridized carbons (Fsp3) is 0.455. The summed E-state index contributed by atoms with van der Waals surface area (Å²) in [7, 11) is 0. The predicted octanol–water partition coefficient (Wildman–Crippen LogP) is 4.38. The van der Waals surface area contributed by atoms with Crippen molar-refractivity contribution < 1.29 is 5.11 Å². The van der Waals surface area contributed by atoms with Gasteiger partial charge < -0.3 is 10.0 Å². The Balaban J connectivity index is 1.74. The van der Waals surface area contributed by atoms with Gasteiger partial charge in [0.25, 0.3) is 0 Å². The van der Waals surface area contributed by atoms with Crippen molar-refractivity contribution >= 4 is 0 Å². The average molecular weight is 323 g/mol. The second-order valence-electron chi connectivity index (χ2n) is 7.07. The van der Waals surface area contributed by atoms with Crippen molar-refractivity contribution in [2.24, 2.45) is 0 Å². The van der Waals surface area contributed by atoms with Crippen LogP contribution >= 0.6 is 0 Å². The zero-order valence-electron chi connectivity index (χ0n) is 14.5. The van der Waals surface area contributed by atoms with Gasteiger partial charge in [-0.3, -0.25) is 0 Å². The molecule has 0 saturated carbocycles. The van der Waals surface area contributed by atoms with E-state index in [1.54, 1.807) is 0 Å². The van der Waals surface area contributed by atoms with Crippen molar-refractivity contribution in [1.29, 1.82) is 0 Å². The molecule has 1 heterocycles. The summed E-state index contributed by atoms with van der Waals surface area (Å²) in [5, 5.41) is 11.5. The highest BCUT2D eigenvalue weighted by Crippen LogP contribution is 2.30. The molecule has 0 amide bonds. The smallest absolute Gasteiger partial charge is 0.0948 e. The molecule has 2 nitrogen and oxygen atoms in total. The predicted molar refractivity (Wildman–Crippen MR) is 100 cm³/mol. The number of hydrogen-bond acceptors (Lipinski definition) is 2. The molecule has 0 radical (unpaired) electrons. The van der Waals surface area contributed by atoms with Crippen molar-refractivity contribution in [1.82, 2.24) is 4.90 Å². The number of benzene rings is 2. The summed E-state index contributed by atoms with van der Waals surface area (Å²) in [4.78, 5) is 2.53. The van der Waals surface area contributed by atoms with Crippen molar-refractivity contribution in [2.45, 2.75) is 44.1 Å². The van der Waals surface area contributed by atoms with Gasteiger partial charge in [0.2, 0.25) is 0 Å². The molecule has 1 N–H and O–H groups in total. The monoisotopic (exact) mass is 323 g/mol. The third-order valence-corrected chi connectivity index (χ3v) is 5.19. The van der Waals surface area contributed by atoms with E-state index in [1.807, 2.05) is 24.3 Å². The maximum Gasteiger partial charge on any atom is 0.0948 e. The van der Waals surface area contributed by atoms with Crippen LogP contribution in [0.15, 0.2) is 60.7 Å². The zero-order valence-corrected chi connectivity index (χ0v) is 14.5. The largest absolute Gasteiger partial charge is 0.385 e. The topological polar surface area (TPSA) is 23.5 Å². The Kier molecular flexibility index (Phi) is 6.06. The lowest BCUT2D eigenvalue weighted by atomic mass is 9.84. The van der Waals surface area contributed by atoms with Crippen LogP contribution in [0.5, 0.6) is 0 Å². The minimum absolute atomic E-state index is 0.672. The van der Waals surface area contributed by atoms with Crippen LogP contribution in [-0.4, -0.2) is 29.6 Å². The molecule has 0 aromatic heterocycles. The van der Waals surface area contributed by atoms with Crippen molar-refractivity contribution in [3.8, 4) is 0 Å². The Bertz CT molecular complexity index is 590. The quantitative estimate of drug-likeness (QED) is 0.852. The summed E-state index contributed by atoms with van der Waals surface area (Å²) in [6.45, 7) is 3.32. The molecule has 0 spiro atoms. The van der Waals surface area contributed by atoms with Crippen LogP contribution in [0.4, 0.5) is 0 Å². The number of hydrogen-bond donors (Lipinski definition) is 1. The van der Waals surface area contributed by atoms with Crippen LogP contribution in [-0.2, 0) is 12.0 Å². The molecule has 0 bridgehead atoms. The van der Waals surface area contributed by atoms with Gasteiger partial charge >= 0.3 is 0 Å². The van der Waals surface area contributed by atoms with Gasteiger partial charge in [-0.25, -0.2) is 0 Å². The molecule has 2 aromatic carbocycles. The van der Waals surface area contributed by atoms with Crippen molar-refractivity contribution in [3.63, 3.8) is 0 Å². The van der Waals surface area contributed by atoms with Crippen LogP contribution in [0, 0.1) is 0 Å². The van der Waals surface area contributed by atoms with Gasteiger partial charge in [0.15, 0.2) is 0 Å². The Labute approximate surface area is 146 Å². The molecule has 1 atom stereocenters. The molecular formula is C22H29NO. The highest BCUT2D eigenvalue weighted by Gasteiger charge is 2.30. The minimum atomic E-state index is -0.797. The molecule has 1 aliphatic heterocycles. The average Bonchev–Trinajstić information content (AvgIpc) is 2.91. The van der Waals surface area contributed by atoms with Gasteiger partial charge in [0, 0.05) is 13.0 Å². The van der Waals surface area contributed by atoms with Crippen LogP contribution in [0.2, 0.25) is 0 Å². The maximum atomic E-state index is 11.5. The van der Waals surface area contributed by atoms with E-state index in [4.69, 9.17) is 0 Å². The summed E-state index contributed by atoms with van der Waals surface area (Å²) in [5.41, 5.74) is 1.43. The van der Waals surface area contributed by atoms with Crippen molar-refractivity contribution in [3.05, 3.63) is 71.8 Å². The van der Waals surface area contributed by atoms with Crippen LogP contribution in [0.1, 0.15) is 43.2 Å². The molecule has 128 valence electrons. The van der Waals surface area contributed by atoms with Gasteiger partial charge in [-0.05, 0) is 43.5 Å².